The largest absolute Gasteiger partial charge is 0.493 e. The van der Waals surface area contributed by atoms with Crippen molar-refractivity contribution in [3.8, 4) is 11.5 Å². The summed E-state index contributed by atoms with van der Waals surface area (Å²) in [4.78, 5) is 43.6. The van der Waals surface area contributed by atoms with Crippen molar-refractivity contribution in [1.82, 2.24) is 0 Å². The zero-order valence-electron chi connectivity index (χ0n) is 19.8. The number of nitrogens with zero attached hydrogens (tertiary/aromatic N) is 2. The maximum Gasteiger partial charge on any atom is 0.338 e. The third-order valence-corrected chi connectivity index (χ3v) is 4.89. The summed E-state index contributed by atoms with van der Waals surface area (Å²) in [6, 6.07) is 7.94. The second kappa shape index (κ2) is 14.0. The fourth-order valence-corrected chi connectivity index (χ4v) is 3.05. The molecule has 0 fully saturated rings. The van der Waals surface area contributed by atoms with Gasteiger partial charge in [0.2, 0.25) is 0 Å². The normalized spacial score (nSPS) is 10.6. The molecule has 0 aliphatic heterocycles. The molecule has 0 aliphatic rings. The topological polar surface area (TPSA) is 157 Å². The van der Waals surface area contributed by atoms with E-state index in [4.69, 9.17) is 14.2 Å². The van der Waals surface area contributed by atoms with Gasteiger partial charge in [-0.2, -0.15) is 0 Å². The smallest absolute Gasteiger partial charge is 0.338 e. The van der Waals surface area contributed by atoms with Crippen molar-refractivity contribution in [2.45, 2.75) is 25.7 Å². The van der Waals surface area contributed by atoms with Crippen LogP contribution in [0.4, 0.5) is 11.4 Å². The highest BCUT2D eigenvalue weighted by molar-refractivity contribution is 5.91. The number of nitro groups is 2. The van der Waals surface area contributed by atoms with Crippen LogP contribution in [-0.4, -0.2) is 49.2 Å². The Morgan fingerprint density at radius 3 is 2.08 bits per heavy atom. The van der Waals surface area contributed by atoms with Crippen LogP contribution in [0.2, 0.25) is 0 Å². The van der Waals surface area contributed by atoms with Crippen molar-refractivity contribution in [3.63, 3.8) is 0 Å². The summed E-state index contributed by atoms with van der Waals surface area (Å²) < 4.78 is 20.7. The van der Waals surface area contributed by atoms with Gasteiger partial charge in [0.1, 0.15) is 0 Å². The lowest BCUT2D eigenvalue weighted by atomic mass is 10.1. The molecular formula is C24H26N2O10. The standard InChI is InChI=1S/C24H26N2O10/c1-33-22-13-17(8-10-23(27)34-2)7-9-21(22)35-11-5-3-4-6-12-36-24(28)18-14-19(25(29)30)16-20(15-18)26(31)32/h7-10,13-16H,3-6,11-12H2,1-2H3/b10-8+. The summed E-state index contributed by atoms with van der Waals surface area (Å²) >= 11 is 0. The molecule has 36 heavy (non-hydrogen) atoms. The summed E-state index contributed by atoms with van der Waals surface area (Å²) in [5.74, 6) is -0.234. The van der Waals surface area contributed by atoms with E-state index in [1.54, 1.807) is 24.3 Å². The molecule has 0 aromatic heterocycles. The van der Waals surface area contributed by atoms with E-state index in [1.165, 1.54) is 20.3 Å². The third kappa shape index (κ3) is 8.70. The first-order chi connectivity index (χ1) is 17.2. The first-order valence-electron chi connectivity index (χ1n) is 10.9. The summed E-state index contributed by atoms with van der Waals surface area (Å²) in [5.41, 5.74) is -0.607. The molecule has 0 saturated heterocycles. The van der Waals surface area contributed by atoms with Crippen molar-refractivity contribution in [1.29, 1.82) is 0 Å². The molecule has 0 radical (unpaired) electrons. The number of methoxy groups -OCH3 is 2. The van der Waals surface area contributed by atoms with Crippen LogP contribution in [-0.2, 0) is 14.3 Å². The van der Waals surface area contributed by atoms with E-state index >= 15 is 0 Å². The van der Waals surface area contributed by atoms with Gasteiger partial charge in [0, 0.05) is 18.2 Å². The maximum absolute atomic E-state index is 12.1. The van der Waals surface area contributed by atoms with E-state index in [1.807, 2.05) is 0 Å². The van der Waals surface area contributed by atoms with Crippen molar-refractivity contribution < 1.29 is 38.4 Å². The molecule has 0 spiro atoms. The number of esters is 2. The van der Waals surface area contributed by atoms with Crippen LogP contribution >= 0.6 is 0 Å². The van der Waals surface area contributed by atoms with Crippen LogP contribution in [0, 0.1) is 20.2 Å². The Labute approximate surface area is 206 Å². The monoisotopic (exact) mass is 502 g/mol. The van der Waals surface area contributed by atoms with Crippen LogP contribution in [0.15, 0.2) is 42.5 Å². The molecule has 0 heterocycles. The minimum absolute atomic E-state index is 0.0740. The first kappa shape index (κ1) is 27.8. The summed E-state index contributed by atoms with van der Waals surface area (Å²) in [5, 5.41) is 21.9. The Kier molecular flexibility index (Phi) is 10.8. The van der Waals surface area contributed by atoms with E-state index in [0.717, 1.165) is 43.0 Å². The molecule has 2 rings (SSSR count). The molecule has 0 unspecified atom stereocenters. The molecule has 192 valence electrons. The lowest BCUT2D eigenvalue weighted by molar-refractivity contribution is -0.394. The third-order valence-electron chi connectivity index (χ3n) is 4.89. The summed E-state index contributed by atoms with van der Waals surface area (Å²) in [6.07, 6.45) is 5.72. The van der Waals surface area contributed by atoms with E-state index < -0.39 is 33.2 Å². The Morgan fingerprint density at radius 1 is 0.861 bits per heavy atom. The molecule has 0 aliphatic carbocycles. The Morgan fingerprint density at radius 2 is 1.50 bits per heavy atom. The first-order valence-corrected chi connectivity index (χ1v) is 10.9. The molecule has 0 saturated carbocycles. The molecule has 0 bridgehead atoms. The Bertz CT molecular complexity index is 1100. The number of carbonyl (C=O) groups excluding carboxylic acids is 2. The molecule has 2 aromatic carbocycles. The highest BCUT2D eigenvalue weighted by atomic mass is 16.6. The number of hydrogen-bond acceptors (Lipinski definition) is 10. The molecule has 12 heteroatoms. The number of ether oxygens (including phenoxy) is 4. The van der Waals surface area contributed by atoms with E-state index in [-0.39, 0.29) is 12.2 Å². The number of hydrogen-bond donors (Lipinski definition) is 0. The Balaban J connectivity index is 1.73. The van der Waals surface area contributed by atoms with Crippen LogP contribution in [0.1, 0.15) is 41.6 Å². The zero-order valence-corrected chi connectivity index (χ0v) is 19.8. The molecule has 0 N–H and O–H groups in total. The molecule has 0 atom stereocenters. The summed E-state index contributed by atoms with van der Waals surface area (Å²) in [6.45, 7) is 0.509. The second-order valence-electron chi connectivity index (χ2n) is 7.42. The van der Waals surface area contributed by atoms with Crippen LogP contribution in [0.25, 0.3) is 6.08 Å². The second-order valence-corrected chi connectivity index (χ2v) is 7.42. The van der Waals surface area contributed by atoms with Gasteiger partial charge in [-0.05, 0) is 49.5 Å². The average molecular weight is 502 g/mol. The number of carbonyl (C=O) groups is 2. The number of unbranched alkanes of at least 4 members (excludes halogenated alkanes) is 3. The van der Waals surface area contributed by atoms with Crippen LogP contribution < -0.4 is 9.47 Å². The molecular weight excluding hydrogens is 476 g/mol. The van der Waals surface area contributed by atoms with E-state index in [2.05, 4.69) is 4.74 Å². The van der Waals surface area contributed by atoms with Gasteiger partial charge in [0.25, 0.3) is 11.4 Å². The minimum atomic E-state index is -0.859. The number of non-ortho nitro benzene ring substituents is 2. The number of benzene rings is 2. The average Bonchev–Trinajstić information content (AvgIpc) is 2.88. The fourth-order valence-electron chi connectivity index (χ4n) is 3.05. The van der Waals surface area contributed by atoms with Gasteiger partial charge in [0.05, 0.1) is 48.9 Å². The van der Waals surface area contributed by atoms with Gasteiger partial charge in [-0.1, -0.05) is 6.07 Å². The number of rotatable bonds is 14. The van der Waals surface area contributed by atoms with Crippen molar-refractivity contribution in [2.75, 3.05) is 27.4 Å². The zero-order chi connectivity index (χ0) is 26.5. The molecule has 2 aromatic rings. The van der Waals surface area contributed by atoms with E-state index in [0.29, 0.717) is 24.5 Å². The highest BCUT2D eigenvalue weighted by Gasteiger charge is 2.20. The van der Waals surface area contributed by atoms with Gasteiger partial charge in [-0.15, -0.1) is 0 Å². The SMILES string of the molecule is COC(=O)/C=C/c1ccc(OCCCCCCOC(=O)c2cc([N+](=O)[O-])cc([N+](=O)[O-])c2)c(OC)c1. The van der Waals surface area contributed by atoms with Gasteiger partial charge >= 0.3 is 11.9 Å². The molecule has 12 nitrogen and oxygen atoms in total. The summed E-state index contributed by atoms with van der Waals surface area (Å²) in [7, 11) is 2.82. The maximum atomic E-state index is 12.1. The quantitative estimate of drug-likeness (QED) is 0.118. The Hall–Kier alpha value is -4.48. The highest BCUT2D eigenvalue weighted by Crippen LogP contribution is 2.29. The van der Waals surface area contributed by atoms with E-state index in [9.17, 15) is 29.8 Å². The van der Waals surface area contributed by atoms with Crippen LogP contribution in [0.5, 0.6) is 11.5 Å². The lowest BCUT2D eigenvalue weighted by Gasteiger charge is -2.11. The van der Waals surface area contributed by atoms with Gasteiger partial charge in [-0.3, -0.25) is 20.2 Å². The predicted octanol–water partition coefficient (Wildman–Crippen LogP) is 4.49. The van der Waals surface area contributed by atoms with Gasteiger partial charge in [-0.25, -0.2) is 9.59 Å². The molecule has 0 amide bonds. The number of nitro benzene ring substituents is 2. The van der Waals surface area contributed by atoms with Crippen molar-refractivity contribution in [3.05, 3.63) is 73.8 Å². The van der Waals surface area contributed by atoms with Crippen molar-refractivity contribution >= 4 is 29.4 Å². The predicted molar refractivity (Wildman–Crippen MR) is 128 cm³/mol. The fraction of sp³-hybridized carbons (Fsp3) is 0.333. The van der Waals surface area contributed by atoms with Gasteiger partial charge in [0.15, 0.2) is 11.5 Å². The lowest BCUT2D eigenvalue weighted by Crippen LogP contribution is -2.08. The van der Waals surface area contributed by atoms with Crippen LogP contribution in [0.3, 0.4) is 0 Å². The van der Waals surface area contributed by atoms with Crippen molar-refractivity contribution in [2.24, 2.45) is 0 Å². The minimum Gasteiger partial charge on any atom is -0.493 e. The van der Waals surface area contributed by atoms with Gasteiger partial charge < -0.3 is 18.9 Å².